The van der Waals surface area contributed by atoms with Crippen LogP contribution in [0.3, 0.4) is 0 Å². The number of hydrogen-bond donors (Lipinski definition) is 1. The summed E-state index contributed by atoms with van der Waals surface area (Å²) in [6.45, 7) is 14.1. The first kappa shape index (κ1) is 30.1. The Balaban J connectivity index is 0.000000412. The molecule has 1 amide bonds. The lowest BCUT2D eigenvalue weighted by Crippen LogP contribution is -2.12. The molecule has 1 aliphatic heterocycles. The van der Waals surface area contributed by atoms with Crippen LogP contribution in [0.5, 0.6) is 0 Å². The molecule has 0 bridgehead atoms. The summed E-state index contributed by atoms with van der Waals surface area (Å²) in [7, 11) is 0. The molecule has 0 spiro atoms. The Morgan fingerprint density at radius 1 is 0.973 bits per heavy atom. The molecule has 6 heteroatoms. The average molecular weight is 520 g/mol. The Morgan fingerprint density at radius 3 is 2.32 bits per heavy atom. The van der Waals surface area contributed by atoms with Crippen LogP contribution in [0, 0.1) is 6.92 Å². The molecule has 1 saturated heterocycles. The Hall–Kier alpha value is -3.09. The predicted molar refractivity (Wildman–Crippen MR) is 159 cm³/mol. The number of carbonyl (C=O) groups is 1. The number of benzene rings is 2. The molecule has 2 aromatic carbocycles. The molecule has 4 aromatic rings. The fraction of sp³-hybridized carbons (Fsp3) is 0.387. The Morgan fingerprint density at radius 2 is 1.70 bits per heavy atom. The van der Waals surface area contributed by atoms with Gasteiger partial charge in [0.05, 0.1) is 5.69 Å². The van der Waals surface area contributed by atoms with Crippen LogP contribution in [0.4, 0.5) is 5.69 Å². The van der Waals surface area contributed by atoms with E-state index in [1.165, 1.54) is 36.2 Å². The summed E-state index contributed by atoms with van der Waals surface area (Å²) in [5.74, 6) is -0.126. The standard InChI is InChI=1S/C22H19N3OS.C5H10O.2C2H6/c1-3-15-12-19-22(23-13-15)27-21(25-19)17-9-4-5-10-18(17)24-20(26)16-8-6-7-14(2)11-16;1-2-4-6-5-3-1;2*1-2/h4-13H,3H2,1-2H3,(H,24,26);1-5H2;2*1-2H3. The zero-order valence-corrected chi connectivity index (χ0v) is 24.0. The number of aryl methyl sites for hydroxylation is 2. The van der Waals surface area contributed by atoms with Gasteiger partial charge in [-0.25, -0.2) is 9.97 Å². The fourth-order valence-corrected chi connectivity index (χ4v) is 4.55. The minimum absolute atomic E-state index is 0.126. The lowest BCUT2D eigenvalue weighted by atomic mass is 10.1. The number of amides is 1. The van der Waals surface area contributed by atoms with Crippen molar-refractivity contribution in [2.45, 2.75) is 67.2 Å². The van der Waals surface area contributed by atoms with Gasteiger partial charge < -0.3 is 10.1 Å². The summed E-state index contributed by atoms with van der Waals surface area (Å²) in [5, 5.41) is 3.88. The smallest absolute Gasteiger partial charge is 0.255 e. The molecule has 5 rings (SSSR count). The first-order chi connectivity index (χ1) is 18.1. The van der Waals surface area contributed by atoms with Gasteiger partial charge in [-0.1, -0.05) is 75.8 Å². The molecule has 37 heavy (non-hydrogen) atoms. The molecule has 1 N–H and O–H groups in total. The van der Waals surface area contributed by atoms with Crippen molar-refractivity contribution >= 4 is 33.3 Å². The second-order valence-electron chi connectivity index (χ2n) is 8.08. The third-order valence-corrected chi connectivity index (χ3v) is 6.49. The average Bonchev–Trinajstić information content (AvgIpc) is 3.40. The minimum Gasteiger partial charge on any atom is -0.381 e. The van der Waals surface area contributed by atoms with E-state index in [2.05, 4.69) is 23.3 Å². The summed E-state index contributed by atoms with van der Waals surface area (Å²) in [6, 6.07) is 17.4. The van der Waals surface area contributed by atoms with Crippen LogP contribution in [-0.4, -0.2) is 29.1 Å². The van der Waals surface area contributed by atoms with Gasteiger partial charge in [-0.3, -0.25) is 4.79 Å². The number of nitrogens with one attached hydrogen (secondary N) is 1. The number of anilines is 1. The van der Waals surface area contributed by atoms with Crippen LogP contribution < -0.4 is 5.32 Å². The SMILES string of the molecule is C1CCOCC1.CC.CC.CCc1cnc2sc(-c3ccccc3NC(=O)c3cccc(C)c3)nc2c1. The van der Waals surface area contributed by atoms with E-state index < -0.39 is 0 Å². The van der Waals surface area contributed by atoms with E-state index in [-0.39, 0.29) is 5.91 Å². The first-order valence-electron chi connectivity index (χ1n) is 13.4. The van der Waals surface area contributed by atoms with Crippen molar-refractivity contribution in [2.24, 2.45) is 0 Å². The highest BCUT2D eigenvalue weighted by Crippen LogP contribution is 2.34. The van der Waals surface area contributed by atoms with Crippen LogP contribution >= 0.6 is 11.3 Å². The number of para-hydroxylation sites is 1. The zero-order chi connectivity index (χ0) is 27.0. The molecule has 0 radical (unpaired) electrons. The van der Waals surface area contributed by atoms with Crippen LogP contribution in [0.1, 0.15) is 75.4 Å². The van der Waals surface area contributed by atoms with Crippen molar-refractivity contribution in [1.82, 2.24) is 9.97 Å². The van der Waals surface area contributed by atoms with Gasteiger partial charge in [0.2, 0.25) is 0 Å². The van der Waals surface area contributed by atoms with Crippen molar-refractivity contribution in [2.75, 3.05) is 18.5 Å². The number of carbonyl (C=O) groups excluding carboxylic acids is 1. The van der Waals surface area contributed by atoms with Crippen molar-refractivity contribution in [3.05, 3.63) is 77.5 Å². The van der Waals surface area contributed by atoms with Gasteiger partial charge in [0.1, 0.15) is 15.4 Å². The number of ether oxygens (including phenoxy) is 1. The van der Waals surface area contributed by atoms with E-state index in [0.717, 1.165) is 51.8 Å². The van der Waals surface area contributed by atoms with Crippen molar-refractivity contribution in [1.29, 1.82) is 0 Å². The van der Waals surface area contributed by atoms with Gasteiger partial charge in [-0.2, -0.15) is 0 Å². The highest BCUT2D eigenvalue weighted by Gasteiger charge is 2.14. The molecule has 5 nitrogen and oxygen atoms in total. The summed E-state index contributed by atoms with van der Waals surface area (Å²) in [5.41, 5.74) is 5.41. The summed E-state index contributed by atoms with van der Waals surface area (Å²) in [4.78, 5) is 22.8. The third kappa shape index (κ3) is 9.06. The third-order valence-electron chi connectivity index (χ3n) is 5.48. The van der Waals surface area contributed by atoms with Crippen LogP contribution in [0.15, 0.2) is 60.8 Å². The first-order valence-corrected chi connectivity index (χ1v) is 14.3. The maximum absolute atomic E-state index is 12.7. The van der Waals surface area contributed by atoms with Gasteiger partial charge in [0.25, 0.3) is 5.91 Å². The van der Waals surface area contributed by atoms with Crippen molar-refractivity contribution in [3.8, 4) is 10.6 Å². The monoisotopic (exact) mass is 519 g/mol. The largest absolute Gasteiger partial charge is 0.381 e. The molecule has 0 unspecified atom stereocenters. The molecule has 0 saturated carbocycles. The van der Waals surface area contributed by atoms with Crippen LogP contribution in [0.2, 0.25) is 0 Å². The Labute approximate surface area is 226 Å². The van der Waals surface area contributed by atoms with E-state index >= 15 is 0 Å². The maximum atomic E-state index is 12.7. The van der Waals surface area contributed by atoms with Crippen molar-refractivity contribution in [3.63, 3.8) is 0 Å². The molecule has 198 valence electrons. The molecular weight excluding hydrogens is 478 g/mol. The number of hydrogen-bond acceptors (Lipinski definition) is 5. The number of thiazole rings is 1. The minimum atomic E-state index is -0.126. The van der Waals surface area contributed by atoms with E-state index in [4.69, 9.17) is 9.72 Å². The molecule has 0 atom stereocenters. The number of rotatable bonds is 4. The molecule has 1 fully saturated rings. The summed E-state index contributed by atoms with van der Waals surface area (Å²) in [6.07, 6.45) is 6.76. The topological polar surface area (TPSA) is 64.1 Å². The molecule has 1 aliphatic rings. The molecule has 2 aromatic heterocycles. The van der Waals surface area contributed by atoms with Gasteiger partial charge in [0.15, 0.2) is 0 Å². The maximum Gasteiger partial charge on any atom is 0.255 e. The van der Waals surface area contributed by atoms with E-state index in [1.54, 1.807) is 0 Å². The van der Waals surface area contributed by atoms with Gasteiger partial charge in [0, 0.05) is 30.5 Å². The van der Waals surface area contributed by atoms with Crippen LogP contribution in [-0.2, 0) is 11.2 Å². The van der Waals surface area contributed by atoms with E-state index in [9.17, 15) is 4.79 Å². The number of nitrogens with zero attached hydrogens (tertiary/aromatic N) is 2. The van der Waals surface area contributed by atoms with Gasteiger partial charge in [-0.05, 0) is 68.5 Å². The Bertz CT molecular complexity index is 1220. The zero-order valence-electron chi connectivity index (χ0n) is 23.1. The number of pyridine rings is 1. The summed E-state index contributed by atoms with van der Waals surface area (Å²) >= 11 is 1.54. The summed E-state index contributed by atoms with van der Waals surface area (Å²) < 4.78 is 5.07. The normalized spacial score (nSPS) is 12.2. The lowest BCUT2D eigenvalue weighted by molar-refractivity contribution is 0.0968. The second kappa shape index (κ2) is 16.6. The van der Waals surface area contributed by atoms with Crippen LogP contribution in [0.25, 0.3) is 20.9 Å². The van der Waals surface area contributed by atoms with Gasteiger partial charge >= 0.3 is 0 Å². The number of fused-ring (bicyclic) bond motifs is 1. The number of aromatic nitrogens is 2. The van der Waals surface area contributed by atoms with E-state index in [1.807, 2.05) is 89.3 Å². The highest BCUT2D eigenvalue weighted by atomic mass is 32.1. The van der Waals surface area contributed by atoms with Gasteiger partial charge in [-0.15, -0.1) is 0 Å². The quantitative estimate of drug-likeness (QED) is 0.293. The molecular formula is C31H41N3O2S. The molecule has 0 aliphatic carbocycles. The highest BCUT2D eigenvalue weighted by molar-refractivity contribution is 7.21. The lowest BCUT2D eigenvalue weighted by Gasteiger charge is -2.09. The van der Waals surface area contributed by atoms with Crippen molar-refractivity contribution < 1.29 is 9.53 Å². The fourth-order valence-electron chi connectivity index (χ4n) is 3.62. The molecule has 3 heterocycles. The second-order valence-corrected chi connectivity index (χ2v) is 9.06. The van der Waals surface area contributed by atoms with E-state index in [0.29, 0.717) is 5.56 Å². The predicted octanol–water partition coefficient (Wildman–Crippen LogP) is 8.72. The Kier molecular flexibility index (Phi) is 13.5.